The summed E-state index contributed by atoms with van der Waals surface area (Å²) in [6.45, 7) is 0. The van der Waals surface area contributed by atoms with E-state index in [0.29, 0.717) is 11.1 Å². The first-order valence-corrected chi connectivity index (χ1v) is 6.95. The maximum absolute atomic E-state index is 8.96. The summed E-state index contributed by atoms with van der Waals surface area (Å²) in [5.41, 5.74) is 3.06. The molecule has 4 nitrogen and oxygen atoms in total. The summed E-state index contributed by atoms with van der Waals surface area (Å²) < 4.78 is 0. The van der Waals surface area contributed by atoms with Gasteiger partial charge in [-0.3, -0.25) is 0 Å². The van der Waals surface area contributed by atoms with Crippen LogP contribution < -0.4 is 0 Å². The minimum atomic E-state index is 0.00483. The fraction of sp³-hybridized carbons (Fsp3) is 0. The van der Waals surface area contributed by atoms with E-state index in [-0.39, 0.29) is 11.1 Å². The molecule has 2 aromatic rings. The van der Waals surface area contributed by atoms with Crippen molar-refractivity contribution in [3.8, 4) is 35.4 Å². The van der Waals surface area contributed by atoms with Crippen LogP contribution in [0.1, 0.15) is 11.1 Å². The van der Waals surface area contributed by atoms with E-state index < -0.39 is 0 Å². The Morgan fingerprint density at radius 2 is 0.917 bits per heavy atom. The molecule has 0 fully saturated rings. The predicted octanol–water partition coefficient (Wildman–Crippen LogP) is 4.21. The van der Waals surface area contributed by atoms with Gasteiger partial charge in [-0.15, -0.1) is 0 Å². The zero-order chi connectivity index (χ0) is 17.4. The molecule has 24 heavy (non-hydrogen) atoms. The molecule has 0 heterocycles. The Hall–Kier alpha value is -4.12. The van der Waals surface area contributed by atoms with Crippen LogP contribution in [0.5, 0.6) is 0 Å². The Bertz CT molecular complexity index is 884. The van der Waals surface area contributed by atoms with Crippen molar-refractivity contribution in [3.63, 3.8) is 0 Å². The van der Waals surface area contributed by atoms with Gasteiger partial charge in [0.1, 0.15) is 35.4 Å². The zero-order valence-corrected chi connectivity index (χ0v) is 12.6. The van der Waals surface area contributed by atoms with E-state index in [0.717, 1.165) is 11.1 Å². The SMILES string of the molecule is N#CC(C#N)=Cc1ccccc1-c1ccccc1C=C(C#N)C#N. The van der Waals surface area contributed by atoms with Crippen LogP contribution >= 0.6 is 0 Å². The second-order valence-corrected chi connectivity index (χ2v) is 4.74. The van der Waals surface area contributed by atoms with Gasteiger partial charge in [-0.1, -0.05) is 48.5 Å². The van der Waals surface area contributed by atoms with E-state index in [9.17, 15) is 0 Å². The van der Waals surface area contributed by atoms with E-state index in [2.05, 4.69) is 0 Å². The fourth-order valence-corrected chi connectivity index (χ4v) is 2.23. The highest BCUT2D eigenvalue weighted by molar-refractivity contribution is 5.84. The van der Waals surface area contributed by atoms with Gasteiger partial charge < -0.3 is 0 Å². The molecule has 0 aliphatic rings. The zero-order valence-electron chi connectivity index (χ0n) is 12.6. The number of nitriles is 4. The van der Waals surface area contributed by atoms with Crippen molar-refractivity contribution in [2.75, 3.05) is 0 Å². The van der Waals surface area contributed by atoms with E-state index in [1.165, 1.54) is 12.2 Å². The topological polar surface area (TPSA) is 95.2 Å². The van der Waals surface area contributed by atoms with E-state index >= 15 is 0 Å². The number of nitrogens with zero attached hydrogens (tertiary/aromatic N) is 4. The summed E-state index contributed by atoms with van der Waals surface area (Å²) in [4.78, 5) is 0. The van der Waals surface area contributed by atoms with Crippen LogP contribution in [0.25, 0.3) is 23.3 Å². The normalized spacial score (nSPS) is 8.67. The molecule has 2 aromatic carbocycles. The highest BCUT2D eigenvalue weighted by Crippen LogP contribution is 2.29. The van der Waals surface area contributed by atoms with Gasteiger partial charge in [-0.25, -0.2) is 0 Å². The summed E-state index contributed by atoms with van der Waals surface area (Å²) in [5, 5.41) is 35.9. The van der Waals surface area contributed by atoms with Crippen molar-refractivity contribution >= 4 is 12.2 Å². The third kappa shape index (κ3) is 3.55. The van der Waals surface area contributed by atoms with Gasteiger partial charge in [0.15, 0.2) is 0 Å². The lowest BCUT2D eigenvalue weighted by Crippen LogP contribution is -1.88. The molecule has 0 aliphatic heterocycles. The second-order valence-electron chi connectivity index (χ2n) is 4.74. The van der Waals surface area contributed by atoms with Crippen molar-refractivity contribution in [3.05, 3.63) is 70.8 Å². The Balaban J connectivity index is 2.69. The maximum Gasteiger partial charge on any atom is 0.130 e. The van der Waals surface area contributed by atoms with Crippen molar-refractivity contribution in [2.24, 2.45) is 0 Å². The molecule has 110 valence electrons. The highest BCUT2D eigenvalue weighted by atomic mass is 14.3. The Labute approximate surface area is 140 Å². The van der Waals surface area contributed by atoms with Crippen LogP contribution in [0.4, 0.5) is 0 Å². The molecule has 0 unspecified atom stereocenters. The third-order valence-corrected chi connectivity index (χ3v) is 3.29. The summed E-state index contributed by atoms with van der Waals surface area (Å²) in [5.74, 6) is 0. The minimum Gasteiger partial charge on any atom is -0.192 e. The molecule has 0 saturated carbocycles. The first kappa shape index (κ1) is 16.3. The van der Waals surface area contributed by atoms with Crippen molar-refractivity contribution in [1.29, 1.82) is 21.0 Å². The average Bonchev–Trinajstić information content (AvgIpc) is 2.64. The van der Waals surface area contributed by atoms with Crippen molar-refractivity contribution in [1.82, 2.24) is 0 Å². The molecule has 2 rings (SSSR count). The van der Waals surface area contributed by atoms with Crippen molar-refractivity contribution in [2.45, 2.75) is 0 Å². The van der Waals surface area contributed by atoms with Crippen LogP contribution in [0, 0.1) is 45.3 Å². The number of hydrogen-bond acceptors (Lipinski definition) is 4. The molecule has 0 amide bonds. The summed E-state index contributed by atoms with van der Waals surface area (Å²) in [6.07, 6.45) is 3.04. The van der Waals surface area contributed by atoms with E-state index in [4.69, 9.17) is 21.0 Å². The van der Waals surface area contributed by atoms with Gasteiger partial charge in [-0.2, -0.15) is 21.0 Å². The van der Waals surface area contributed by atoms with Crippen LogP contribution in [0.3, 0.4) is 0 Å². The number of rotatable bonds is 3. The molecule has 0 atom stereocenters. The smallest absolute Gasteiger partial charge is 0.130 e. The number of hydrogen-bond donors (Lipinski definition) is 0. The molecular formula is C20H10N4. The van der Waals surface area contributed by atoms with E-state index in [1.54, 1.807) is 12.1 Å². The minimum absolute atomic E-state index is 0.00483. The molecule has 0 aromatic heterocycles. The van der Waals surface area contributed by atoms with E-state index in [1.807, 2.05) is 60.7 Å². The van der Waals surface area contributed by atoms with Crippen LogP contribution in [-0.2, 0) is 0 Å². The molecule has 0 bridgehead atoms. The molecule has 0 saturated heterocycles. The first-order chi connectivity index (χ1) is 11.7. The lowest BCUT2D eigenvalue weighted by atomic mass is 9.93. The standard InChI is InChI=1S/C20H10N4/c21-11-15(12-22)9-17-5-1-3-7-19(17)20-8-4-2-6-18(20)10-16(13-23)14-24/h1-10H. The molecule has 0 spiro atoms. The lowest BCUT2D eigenvalue weighted by molar-refractivity contribution is 1.46. The highest BCUT2D eigenvalue weighted by Gasteiger charge is 2.08. The quantitative estimate of drug-likeness (QED) is 0.793. The first-order valence-electron chi connectivity index (χ1n) is 6.95. The summed E-state index contributed by atoms with van der Waals surface area (Å²) >= 11 is 0. The largest absolute Gasteiger partial charge is 0.192 e. The van der Waals surface area contributed by atoms with Gasteiger partial charge in [0.25, 0.3) is 0 Å². The van der Waals surface area contributed by atoms with Gasteiger partial charge in [0.05, 0.1) is 0 Å². The lowest BCUT2D eigenvalue weighted by Gasteiger charge is -2.10. The third-order valence-electron chi connectivity index (χ3n) is 3.29. The molecule has 4 heteroatoms. The molecular weight excluding hydrogens is 296 g/mol. The Kier molecular flexibility index (Phi) is 5.26. The Morgan fingerprint density at radius 3 is 1.25 bits per heavy atom. The Morgan fingerprint density at radius 1 is 0.583 bits per heavy atom. The average molecular weight is 306 g/mol. The molecule has 0 aliphatic carbocycles. The summed E-state index contributed by atoms with van der Waals surface area (Å²) in [7, 11) is 0. The number of allylic oxidation sites excluding steroid dienone is 2. The van der Waals surface area contributed by atoms with Crippen LogP contribution in [0.15, 0.2) is 59.7 Å². The molecule has 0 N–H and O–H groups in total. The fourth-order valence-electron chi connectivity index (χ4n) is 2.23. The number of benzene rings is 2. The maximum atomic E-state index is 8.96. The molecule has 0 radical (unpaired) electrons. The van der Waals surface area contributed by atoms with Gasteiger partial charge in [-0.05, 0) is 34.4 Å². The monoisotopic (exact) mass is 306 g/mol. The summed E-state index contributed by atoms with van der Waals surface area (Å²) in [6, 6.07) is 22.1. The second kappa shape index (κ2) is 7.77. The van der Waals surface area contributed by atoms with Gasteiger partial charge in [0, 0.05) is 0 Å². The van der Waals surface area contributed by atoms with Crippen LogP contribution in [-0.4, -0.2) is 0 Å². The van der Waals surface area contributed by atoms with Crippen molar-refractivity contribution < 1.29 is 0 Å². The van der Waals surface area contributed by atoms with Crippen LogP contribution in [0.2, 0.25) is 0 Å². The van der Waals surface area contributed by atoms with Gasteiger partial charge >= 0.3 is 0 Å². The predicted molar refractivity (Wildman–Crippen MR) is 90.3 cm³/mol. The van der Waals surface area contributed by atoms with Gasteiger partial charge in [0.2, 0.25) is 0 Å².